The van der Waals surface area contributed by atoms with E-state index in [0.29, 0.717) is 10.8 Å². The first kappa shape index (κ1) is 13.0. The summed E-state index contributed by atoms with van der Waals surface area (Å²) in [7, 11) is 2.91. The number of ether oxygens (including phenoxy) is 2. The van der Waals surface area contributed by atoms with Gasteiger partial charge in [0.15, 0.2) is 5.69 Å². The summed E-state index contributed by atoms with van der Waals surface area (Å²) in [6.07, 6.45) is 1.39. The zero-order chi connectivity index (χ0) is 13.1. The minimum Gasteiger partial charge on any atom is -0.480 e. The molecule has 0 fully saturated rings. The quantitative estimate of drug-likeness (QED) is 0.807. The zero-order valence-electron chi connectivity index (χ0n) is 9.64. The summed E-state index contributed by atoms with van der Waals surface area (Å²) in [5.74, 6) is 0.234. The maximum Gasteiger partial charge on any atom is 0.247 e. The van der Waals surface area contributed by atoms with Crippen LogP contribution in [0.2, 0.25) is 0 Å². The van der Waals surface area contributed by atoms with E-state index >= 15 is 0 Å². The molecule has 18 heavy (non-hydrogen) atoms. The minimum atomic E-state index is -0.224. The largest absolute Gasteiger partial charge is 0.480 e. The number of ketones is 1. The Balaban J connectivity index is 2.41. The van der Waals surface area contributed by atoms with E-state index in [-0.39, 0.29) is 17.4 Å². The van der Waals surface area contributed by atoms with E-state index in [4.69, 9.17) is 9.47 Å². The van der Waals surface area contributed by atoms with Gasteiger partial charge >= 0.3 is 0 Å². The maximum absolute atomic E-state index is 12.2. The number of rotatable bonds is 4. The van der Waals surface area contributed by atoms with Gasteiger partial charge < -0.3 is 9.47 Å². The molecule has 2 aromatic rings. The fraction of sp³-hybridized carbons (Fsp3) is 0.182. The highest BCUT2D eigenvalue weighted by Gasteiger charge is 2.19. The third kappa shape index (κ3) is 2.51. The van der Waals surface area contributed by atoms with Gasteiger partial charge in [-0.15, -0.1) is 11.3 Å². The van der Waals surface area contributed by atoms with Crippen molar-refractivity contribution in [1.82, 2.24) is 9.97 Å². The van der Waals surface area contributed by atoms with Crippen LogP contribution in [0.15, 0.2) is 22.1 Å². The number of aromatic nitrogens is 2. The van der Waals surface area contributed by atoms with Crippen LogP contribution >= 0.6 is 27.3 Å². The van der Waals surface area contributed by atoms with Crippen molar-refractivity contribution in [3.05, 3.63) is 32.7 Å². The molecule has 7 heteroatoms. The number of carbonyl (C=O) groups excluding carboxylic acids is 1. The molecule has 0 bridgehead atoms. The molecular weight excluding hydrogens is 320 g/mol. The molecule has 0 radical (unpaired) electrons. The molecule has 0 unspecified atom stereocenters. The van der Waals surface area contributed by atoms with Gasteiger partial charge in [0.05, 0.1) is 29.1 Å². The fourth-order valence-corrected chi connectivity index (χ4v) is 2.63. The zero-order valence-corrected chi connectivity index (χ0v) is 12.0. The van der Waals surface area contributed by atoms with Gasteiger partial charge in [0.1, 0.15) is 0 Å². The Bertz CT molecular complexity index is 585. The topological polar surface area (TPSA) is 61.3 Å². The monoisotopic (exact) mass is 328 g/mol. The molecule has 0 aromatic carbocycles. The lowest BCUT2D eigenvalue weighted by atomic mass is 10.2. The van der Waals surface area contributed by atoms with E-state index in [9.17, 15) is 4.79 Å². The lowest BCUT2D eigenvalue weighted by Gasteiger charge is -2.06. The average molecular weight is 329 g/mol. The summed E-state index contributed by atoms with van der Waals surface area (Å²) in [6.45, 7) is 0. The average Bonchev–Trinajstić information content (AvgIpc) is 2.83. The summed E-state index contributed by atoms with van der Waals surface area (Å²) in [5.41, 5.74) is 0.174. The number of thiophene rings is 1. The molecule has 0 aliphatic carbocycles. The normalized spacial score (nSPS) is 10.2. The molecule has 0 saturated carbocycles. The molecule has 0 amide bonds. The van der Waals surface area contributed by atoms with Crippen molar-refractivity contribution in [3.63, 3.8) is 0 Å². The van der Waals surface area contributed by atoms with Gasteiger partial charge in [0, 0.05) is 0 Å². The van der Waals surface area contributed by atoms with Gasteiger partial charge in [-0.3, -0.25) is 4.79 Å². The number of hydrogen-bond donors (Lipinski definition) is 0. The van der Waals surface area contributed by atoms with Crippen molar-refractivity contribution in [2.75, 3.05) is 14.2 Å². The second-order valence-corrected chi connectivity index (χ2v) is 5.67. The van der Waals surface area contributed by atoms with Crippen molar-refractivity contribution >= 4 is 33.0 Å². The summed E-state index contributed by atoms with van der Waals surface area (Å²) in [6, 6.07) is 3.53. The molecule has 0 atom stereocenters. The first-order valence-corrected chi connectivity index (χ1v) is 6.51. The highest BCUT2D eigenvalue weighted by atomic mass is 79.9. The van der Waals surface area contributed by atoms with Crippen molar-refractivity contribution in [2.45, 2.75) is 0 Å². The van der Waals surface area contributed by atoms with E-state index in [0.717, 1.165) is 3.79 Å². The van der Waals surface area contributed by atoms with E-state index in [1.807, 2.05) is 0 Å². The third-order valence-corrected chi connectivity index (χ3v) is 3.76. The first-order valence-electron chi connectivity index (χ1n) is 4.90. The smallest absolute Gasteiger partial charge is 0.247 e. The minimum absolute atomic E-state index is 0.156. The molecule has 0 N–H and O–H groups in total. The van der Waals surface area contributed by atoms with Gasteiger partial charge in [-0.05, 0) is 28.1 Å². The van der Waals surface area contributed by atoms with E-state index < -0.39 is 0 Å². The molecule has 0 aliphatic rings. The lowest BCUT2D eigenvalue weighted by molar-refractivity contribution is 0.103. The Morgan fingerprint density at radius 3 is 2.67 bits per heavy atom. The van der Waals surface area contributed by atoms with Crippen molar-refractivity contribution in [2.24, 2.45) is 0 Å². The van der Waals surface area contributed by atoms with Gasteiger partial charge in [-0.25, -0.2) is 4.98 Å². The standard InChI is InChI=1S/C11H9BrN2O3S/c1-16-8-5-13-9(11(14-8)17-2)10(15)6-3-4-7(12)18-6/h3-5H,1-2H3. The van der Waals surface area contributed by atoms with Gasteiger partial charge in [-0.1, -0.05) is 0 Å². The highest BCUT2D eigenvalue weighted by Crippen LogP contribution is 2.26. The Morgan fingerprint density at radius 1 is 1.33 bits per heavy atom. The predicted molar refractivity (Wildman–Crippen MR) is 70.6 cm³/mol. The van der Waals surface area contributed by atoms with Crippen LogP contribution < -0.4 is 9.47 Å². The van der Waals surface area contributed by atoms with E-state index in [1.54, 1.807) is 12.1 Å². The van der Waals surface area contributed by atoms with Gasteiger partial charge in [0.25, 0.3) is 0 Å². The number of halogens is 1. The summed E-state index contributed by atoms with van der Waals surface area (Å²) in [5, 5.41) is 0. The van der Waals surface area contributed by atoms with Crippen LogP contribution in [0.4, 0.5) is 0 Å². The van der Waals surface area contributed by atoms with E-state index in [2.05, 4.69) is 25.9 Å². The third-order valence-electron chi connectivity index (χ3n) is 2.13. The van der Waals surface area contributed by atoms with Crippen molar-refractivity contribution < 1.29 is 14.3 Å². The Morgan fingerprint density at radius 2 is 2.11 bits per heavy atom. The summed E-state index contributed by atoms with van der Waals surface area (Å²) in [4.78, 5) is 20.8. The molecule has 94 valence electrons. The Labute approximate surface area is 116 Å². The SMILES string of the molecule is COc1cnc(C(=O)c2ccc(Br)s2)c(OC)n1. The maximum atomic E-state index is 12.2. The second kappa shape index (κ2) is 5.45. The second-order valence-electron chi connectivity index (χ2n) is 3.20. The molecule has 2 aromatic heterocycles. The molecule has 5 nitrogen and oxygen atoms in total. The first-order chi connectivity index (χ1) is 8.65. The fourth-order valence-electron chi connectivity index (χ4n) is 1.31. The van der Waals surface area contributed by atoms with Crippen LogP contribution in [-0.4, -0.2) is 30.0 Å². The van der Waals surface area contributed by atoms with Gasteiger partial charge in [0.2, 0.25) is 17.5 Å². The number of hydrogen-bond acceptors (Lipinski definition) is 6. The van der Waals surface area contributed by atoms with Crippen LogP contribution in [0.25, 0.3) is 0 Å². The molecule has 0 aliphatic heterocycles. The van der Waals surface area contributed by atoms with Crippen LogP contribution in [0.5, 0.6) is 11.8 Å². The number of methoxy groups -OCH3 is 2. The van der Waals surface area contributed by atoms with Crippen molar-refractivity contribution in [1.29, 1.82) is 0 Å². The molecule has 0 saturated heterocycles. The molecule has 0 spiro atoms. The molecular formula is C11H9BrN2O3S. The molecule has 2 heterocycles. The number of nitrogens with zero attached hydrogens (tertiary/aromatic N) is 2. The number of carbonyl (C=O) groups is 1. The lowest BCUT2D eigenvalue weighted by Crippen LogP contribution is -2.07. The molecule has 2 rings (SSSR count). The van der Waals surface area contributed by atoms with Crippen molar-refractivity contribution in [3.8, 4) is 11.8 Å². The van der Waals surface area contributed by atoms with Crippen LogP contribution in [0.1, 0.15) is 15.4 Å². The van der Waals surface area contributed by atoms with Crippen LogP contribution in [0, 0.1) is 0 Å². The summed E-state index contributed by atoms with van der Waals surface area (Å²) < 4.78 is 10.9. The predicted octanol–water partition coefficient (Wildman–Crippen LogP) is 2.55. The van der Waals surface area contributed by atoms with Gasteiger partial charge in [-0.2, -0.15) is 4.98 Å². The Hall–Kier alpha value is -1.47. The highest BCUT2D eigenvalue weighted by molar-refractivity contribution is 9.11. The van der Waals surface area contributed by atoms with Crippen LogP contribution in [-0.2, 0) is 0 Å². The van der Waals surface area contributed by atoms with Crippen LogP contribution in [0.3, 0.4) is 0 Å². The summed E-state index contributed by atoms with van der Waals surface area (Å²) >= 11 is 4.64. The Kier molecular flexibility index (Phi) is 3.93. The van der Waals surface area contributed by atoms with E-state index in [1.165, 1.54) is 31.8 Å².